The minimum Gasteiger partial charge on any atom is -0.376 e. The Hall–Kier alpha value is -1.36. The second kappa shape index (κ2) is 5.52. The van der Waals surface area contributed by atoms with Crippen molar-refractivity contribution < 1.29 is 14.1 Å². The van der Waals surface area contributed by atoms with E-state index < -0.39 is 0 Å². The topological polar surface area (TPSA) is 64.4 Å². The first kappa shape index (κ1) is 13.1. The highest BCUT2D eigenvalue weighted by Gasteiger charge is 2.24. The lowest BCUT2D eigenvalue weighted by atomic mass is 10.1. The highest BCUT2D eigenvalue weighted by Crippen LogP contribution is 2.16. The van der Waals surface area contributed by atoms with Crippen LogP contribution in [0.3, 0.4) is 0 Å². The Morgan fingerprint density at radius 3 is 2.89 bits per heavy atom. The number of aromatic nitrogens is 1. The van der Waals surface area contributed by atoms with Crippen molar-refractivity contribution in [1.82, 2.24) is 10.5 Å². The molecule has 18 heavy (non-hydrogen) atoms. The van der Waals surface area contributed by atoms with E-state index in [1.165, 1.54) is 0 Å². The molecule has 100 valence electrons. The molecular weight excluding hydrogens is 232 g/mol. The molecule has 2 heterocycles. The number of aryl methyl sites for hydroxylation is 2. The van der Waals surface area contributed by atoms with E-state index >= 15 is 0 Å². The van der Waals surface area contributed by atoms with Crippen LogP contribution >= 0.6 is 0 Å². The molecule has 0 saturated carbocycles. The summed E-state index contributed by atoms with van der Waals surface area (Å²) in [5, 5.41) is 6.83. The molecule has 1 aliphatic heterocycles. The lowest BCUT2D eigenvalue weighted by molar-refractivity contribution is -0.121. The van der Waals surface area contributed by atoms with Crippen LogP contribution in [0.1, 0.15) is 36.8 Å². The van der Waals surface area contributed by atoms with E-state index in [1.54, 1.807) is 0 Å². The minimum absolute atomic E-state index is 0.00704. The average Bonchev–Trinajstić information content (AvgIpc) is 2.94. The first-order chi connectivity index (χ1) is 8.58. The number of rotatable bonds is 4. The Balaban J connectivity index is 1.88. The smallest absolute Gasteiger partial charge is 0.224 e. The largest absolute Gasteiger partial charge is 0.376 e. The number of carbonyl (C=O) groups excluding carboxylic acids is 1. The molecule has 1 aliphatic rings. The molecule has 1 N–H and O–H groups in total. The van der Waals surface area contributed by atoms with Crippen LogP contribution in [0.5, 0.6) is 0 Å². The Labute approximate surface area is 107 Å². The fourth-order valence-corrected chi connectivity index (χ4v) is 2.31. The second-order valence-corrected chi connectivity index (χ2v) is 4.89. The quantitative estimate of drug-likeness (QED) is 0.882. The van der Waals surface area contributed by atoms with Gasteiger partial charge in [-0.2, -0.15) is 0 Å². The molecule has 2 rings (SSSR count). The summed E-state index contributed by atoms with van der Waals surface area (Å²) in [5.74, 6) is 0.708. The van der Waals surface area contributed by atoms with Crippen molar-refractivity contribution >= 4 is 5.91 Å². The van der Waals surface area contributed by atoms with Crippen LogP contribution in [0.25, 0.3) is 0 Å². The van der Waals surface area contributed by atoms with Crippen LogP contribution in [0.15, 0.2) is 4.52 Å². The predicted molar refractivity (Wildman–Crippen MR) is 66.3 cm³/mol. The molecular formula is C13H20N2O3. The van der Waals surface area contributed by atoms with E-state index in [-0.39, 0.29) is 18.1 Å². The van der Waals surface area contributed by atoms with Crippen molar-refractivity contribution in [1.29, 1.82) is 0 Å². The molecule has 0 aromatic carbocycles. The van der Waals surface area contributed by atoms with E-state index in [9.17, 15) is 4.79 Å². The molecule has 1 aromatic heterocycles. The molecule has 0 spiro atoms. The summed E-state index contributed by atoms with van der Waals surface area (Å²) >= 11 is 0. The average molecular weight is 252 g/mol. The van der Waals surface area contributed by atoms with E-state index in [4.69, 9.17) is 9.26 Å². The van der Waals surface area contributed by atoms with Gasteiger partial charge in [0.25, 0.3) is 0 Å². The number of nitrogens with zero attached hydrogens (tertiary/aromatic N) is 1. The van der Waals surface area contributed by atoms with Crippen molar-refractivity contribution in [2.45, 2.75) is 52.2 Å². The number of hydrogen-bond acceptors (Lipinski definition) is 4. The van der Waals surface area contributed by atoms with E-state index in [1.807, 2.05) is 20.8 Å². The fourth-order valence-electron chi connectivity index (χ4n) is 2.31. The van der Waals surface area contributed by atoms with E-state index in [0.717, 1.165) is 30.7 Å². The summed E-state index contributed by atoms with van der Waals surface area (Å²) < 4.78 is 10.6. The Bertz CT molecular complexity index is 402. The third-order valence-electron chi connectivity index (χ3n) is 3.43. The standard InChI is InChI=1S/C13H20N2O3/c1-8-11(10(3)18-15-8)7-13(16)14-9(2)12-5-4-6-17-12/h9,12H,4-7H2,1-3H3,(H,14,16)/t9-,12-/m1/s1. The van der Waals surface area contributed by atoms with Crippen LogP contribution < -0.4 is 5.32 Å². The van der Waals surface area contributed by atoms with E-state index in [0.29, 0.717) is 12.2 Å². The maximum absolute atomic E-state index is 11.9. The number of carbonyl (C=O) groups is 1. The van der Waals surface area contributed by atoms with Gasteiger partial charge in [0, 0.05) is 12.2 Å². The van der Waals surface area contributed by atoms with Crippen LogP contribution in [0.4, 0.5) is 0 Å². The molecule has 1 amide bonds. The lowest BCUT2D eigenvalue weighted by Crippen LogP contribution is -2.41. The maximum atomic E-state index is 11.9. The molecule has 0 unspecified atom stereocenters. The maximum Gasteiger partial charge on any atom is 0.224 e. The highest BCUT2D eigenvalue weighted by molar-refractivity contribution is 5.79. The van der Waals surface area contributed by atoms with Crippen molar-refractivity contribution in [3.8, 4) is 0 Å². The van der Waals surface area contributed by atoms with Crippen LogP contribution in [-0.2, 0) is 16.0 Å². The summed E-state index contributed by atoms with van der Waals surface area (Å²) in [6.45, 7) is 6.46. The van der Waals surface area contributed by atoms with Gasteiger partial charge < -0.3 is 14.6 Å². The van der Waals surface area contributed by atoms with Gasteiger partial charge in [0.1, 0.15) is 5.76 Å². The Kier molecular flexibility index (Phi) is 4.01. The molecule has 0 bridgehead atoms. The first-order valence-electron chi connectivity index (χ1n) is 6.40. The molecule has 2 atom stereocenters. The lowest BCUT2D eigenvalue weighted by Gasteiger charge is -2.19. The summed E-state index contributed by atoms with van der Waals surface area (Å²) in [4.78, 5) is 11.9. The van der Waals surface area contributed by atoms with Gasteiger partial charge >= 0.3 is 0 Å². The van der Waals surface area contributed by atoms with Gasteiger partial charge in [-0.1, -0.05) is 5.16 Å². The van der Waals surface area contributed by atoms with E-state index in [2.05, 4.69) is 10.5 Å². The molecule has 1 saturated heterocycles. The number of ether oxygens (including phenoxy) is 1. The fraction of sp³-hybridized carbons (Fsp3) is 0.692. The third-order valence-corrected chi connectivity index (χ3v) is 3.43. The van der Waals surface area contributed by atoms with Gasteiger partial charge in [0.2, 0.25) is 5.91 Å². The van der Waals surface area contributed by atoms with Gasteiger partial charge in [-0.05, 0) is 33.6 Å². The zero-order valence-corrected chi connectivity index (χ0v) is 11.2. The molecule has 1 fully saturated rings. The Morgan fingerprint density at radius 1 is 1.56 bits per heavy atom. The zero-order valence-electron chi connectivity index (χ0n) is 11.2. The molecule has 0 aliphatic carbocycles. The number of amides is 1. The predicted octanol–water partition coefficient (Wildman–Crippen LogP) is 1.52. The normalized spacial score (nSPS) is 20.9. The number of hydrogen-bond donors (Lipinski definition) is 1. The minimum atomic E-state index is -0.00704. The summed E-state index contributed by atoms with van der Waals surface area (Å²) in [7, 11) is 0. The van der Waals surface area contributed by atoms with Crippen molar-refractivity contribution in [3.63, 3.8) is 0 Å². The summed E-state index contributed by atoms with van der Waals surface area (Å²) in [5.41, 5.74) is 1.67. The Morgan fingerprint density at radius 2 is 2.33 bits per heavy atom. The molecule has 1 aromatic rings. The highest BCUT2D eigenvalue weighted by atomic mass is 16.5. The molecule has 5 nitrogen and oxygen atoms in total. The van der Waals surface area contributed by atoms with Crippen LogP contribution in [-0.4, -0.2) is 29.8 Å². The molecule has 0 radical (unpaired) electrons. The van der Waals surface area contributed by atoms with Crippen LogP contribution in [0, 0.1) is 13.8 Å². The van der Waals surface area contributed by atoms with Crippen LogP contribution in [0.2, 0.25) is 0 Å². The SMILES string of the molecule is Cc1noc(C)c1CC(=O)N[C@H](C)[C@H]1CCCO1. The second-order valence-electron chi connectivity index (χ2n) is 4.89. The van der Waals surface area contributed by atoms with Crippen molar-refractivity contribution in [3.05, 3.63) is 17.0 Å². The molecule has 5 heteroatoms. The van der Waals surface area contributed by atoms with Crippen molar-refractivity contribution in [2.24, 2.45) is 0 Å². The van der Waals surface area contributed by atoms with Crippen molar-refractivity contribution in [2.75, 3.05) is 6.61 Å². The first-order valence-corrected chi connectivity index (χ1v) is 6.40. The summed E-state index contributed by atoms with van der Waals surface area (Å²) in [6.07, 6.45) is 2.57. The van der Waals surface area contributed by atoms with Gasteiger partial charge in [-0.3, -0.25) is 4.79 Å². The number of nitrogens with one attached hydrogen (secondary N) is 1. The van der Waals surface area contributed by atoms with Gasteiger partial charge in [-0.25, -0.2) is 0 Å². The zero-order chi connectivity index (χ0) is 13.1. The summed E-state index contributed by atoms with van der Waals surface area (Å²) in [6, 6.07) is 0.0560. The van der Waals surface area contributed by atoms with Gasteiger partial charge in [-0.15, -0.1) is 0 Å². The third kappa shape index (κ3) is 2.90. The monoisotopic (exact) mass is 252 g/mol. The van der Waals surface area contributed by atoms with Gasteiger partial charge in [0.05, 0.1) is 24.3 Å². The van der Waals surface area contributed by atoms with Gasteiger partial charge in [0.15, 0.2) is 0 Å².